The number of aromatic carboxylic acids is 1. The average molecular weight is 308 g/mol. The summed E-state index contributed by atoms with van der Waals surface area (Å²) >= 11 is 6.60. The lowest BCUT2D eigenvalue weighted by molar-refractivity contribution is 0.0696. The van der Waals surface area contributed by atoms with Crippen molar-refractivity contribution in [3.05, 3.63) is 34.9 Å². The van der Waals surface area contributed by atoms with Crippen LogP contribution in [0.2, 0.25) is 0 Å². The molecule has 0 saturated heterocycles. The summed E-state index contributed by atoms with van der Waals surface area (Å²) in [6.07, 6.45) is 0. The number of benzene rings is 1. The molecule has 2 nitrogen and oxygen atoms in total. The van der Waals surface area contributed by atoms with Gasteiger partial charge in [0.15, 0.2) is 0 Å². The number of rotatable bonds is 3. The van der Waals surface area contributed by atoms with E-state index in [0.29, 0.717) is 16.2 Å². The number of alkyl halides is 2. The zero-order chi connectivity index (χ0) is 9.84. The van der Waals surface area contributed by atoms with Crippen molar-refractivity contribution in [2.45, 2.75) is 10.7 Å². The summed E-state index contributed by atoms with van der Waals surface area (Å²) in [5, 5.41) is 10.1. The van der Waals surface area contributed by atoms with E-state index in [1.165, 1.54) is 0 Å². The molecule has 0 atom stereocenters. The Hall–Kier alpha value is -0.350. The molecule has 0 saturated carbocycles. The van der Waals surface area contributed by atoms with Gasteiger partial charge in [-0.1, -0.05) is 44.0 Å². The minimum Gasteiger partial charge on any atom is -0.478 e. The zero-order valence-corrected chi connectivity index (χ0v) is 9.93. The van der Waals surface area contributed by atoms with E-state index in [9.17, 15) is 4.79 Å². The van der Waals surface area contributed by atoms with Crippen molar-refractivity contribution in [2.24, 2.45) is 0 Å². The van der Waals surface area contributed by atoms with Gasteiger partial charge in [0.2, 0.25) is 0 Å². The van der Waals surface area contributed by atoms with Crippen molar-refractivity contribution in [3.63, 3.8) is 0 Å². The van der Waals surface area contributed by atoms with E-state index in [0.717, 1.165) is 11.1 Å². The van der Waals surface area contributed by atoms with Crippen LogP contribution in [0, 0.1) is 0 Å². The Bertz CT molecular complexity index is 323. The van der Waals surface area contributed by atoms with Crippen LogP contribution in [0.5, 0.6) is 0 Å². The Balaban J connectivity index is 3.27. The Kier molecular flexibility index (Phi) is 3.93. The quantitative estimate of drug-likeness (QED) is 0.871. The molecule has 0 heterocycles. The Morgan fingerprint density at radius 1 is 1.31 bits per heavy atom. The van der Waals surface area contributed by atoms with Gasteiger partial charge in [-0.2, -0.15) is 0 Å². The standard InChI is InChI=1S/C9H8Br2O2/c10-4-6-2-1-3-7(9(12)13)8(6)5-11/h1-3H,4-5H2,(H,12,13). The number of carboxylic acid groups (broad SMARTS) is 1. The molecule has 0 unspecified atom stereocenters. The Labute approximate surface area is 93.2 Å². The van der Waals surface area contributed by atoms with Gasteiger partial charge in [0.25, 0.3) is 0 Å². The SMILES string of the molecule is O=C(O)c1cccc(CBr)c1CBr. The van der Waals surface area contributed by atoms with Crippen molar-refractivity contribution >= 4 is 37.8 Å². The number of carbonyl (C=O) groups is 1. The molecule has 4 heteroatoms. The van der Waals surface area contributed by atoms with Crippen LogP contribution < -0.4 is 0 Å². The van der Waals surface area contributed by atoms with Gasteiger partial charge in [-0.3, -0.25) is 0 Å². The normalized spacial score (nSPS) is 10.0. The lowest BCUT2D eigenvalue weighted by atomic mass is 10.0. The van der Waals surface area contributed by atoms with E-state index in [2.05, 4.69) is 31.9 Å². The molecule has 0 aliphatic heterocycles. The fourth-order valence-corrected chi connectivity index (χ4v) is 2.31. The van der Waals surface area contributed by atoms with Crippen LogP contribution in [0.15, 0.2) is 18.2 Å². The fourth-order valence-electron chi connectivity index (χ4n) is 1.12. The third-order valence-electron chi connectivity index (χ3n) is 1.78. The van der Waals surface area contributed by atoms with E-state index >= 15 is 0 Å². The summed E-state index contributed by atoms with van der Waals surface area (Å²) in [6, 6.07) is 5.29. The highest BCUT2D eigenvalue weighted by atomic mass is 79.9. The van der Waals surface area contributed by atoms with Crippen LogP contribution >= 0.6 is 31.9 Å². The topological polar surface area (TPSA) is 37.3 Å². The first kappa shape index (κ1) is 10.7. The van der Waals surface area contributed by atoms with Gasteiger partial charge in [0, 0.05) is 10.7 Å². The molecule has 0 amide bonds. The molecule has 1 rings (SSSR count). The van der Waals surface area contributed by atoms with Crippen LogP contribution in [0.1, 0.15) is 21.5 Å². The van der Waals surface area contributed by atoms with Crippen LogP contribution in [0.3, 0.4) is 0 Å². The van der Waals surface area contributed by atoms with Gasteiger partial charge in [-0.25, -0.2) is 4.79 Å². The zero-order valence-electron chi connectivity index (χ0n) is 6.76. The largest absolute Gasteiger partial charge is 0.478 e. The summed E-state index contributed by atoms with van der Waals surface area (Å²) in [5.74, 6) is -0.878. The van der Waals surface area contributed by atoms with Crippen molar-refractivity contribution < 1.29 is 9.90 Å². The van der Waals surface area contributed by atoms with E-state index in [1.807, 2.05) is 6.07 Å². The molecule has 0 aromatic heterocycles. The highest BCUT2D eigenvalue weighted by Gasteiger charge is 2.11. The lowest BCUT2D eigenvalue weighted by Gasteiger charge is -2.07. The highest BCUT2D eigenvalue weighted by molar-refractivity contribution is 9.09. The first-order valence-electron chi connectivity index (χ1n) is 3.66. The van der Waals surface area contributed by atoms with Crippen molar-refractivity contribution in [2.75, 3.05) is 0 Å². The predicted molar refractivity (Wildman–Crippen MR) is 58.7 cm³/mol. The Morgan fingerprint density at radius 2 is 2.00 bits per heavy atom. The number of halogens is 2. The number of carboxylic acids is 1. The van der Waals surface area contributed by atoms with Gasteiger partial charge >= 0.3 is 5.97 Å². The van der Waals surface area contributed by atoms with Gasteiger partial charge in [-0.05, 0) is 17.2 Å². The van der Waals surface area contributed by atoms with Crippen LogP contribution in [0.4, 0.5) is 0 Å². The van der Waals surface area contributed by atoms with Crippen molar-refractivity contribution in [1.82, 2.24) is 0 Å². The molecule has 0 fully saturated rings. The smallest absolute Gasteiger partial charge is 0.336 e. The molecule has 1 N–H and O–H groups in total. The molecule has 1 aromatic carbocycles. The first-order chi connectivity index (χ1) is 6.20. The van der Waals surface area contributed by atoms with Gasteiger partial charge < -0.3 is 5.11 Å². The maximum absolute atomic E-state index is 10.8. The minimum atomic E-state index is -0.878. The maximum atomic E-state index is 10.8. The molecular weight excluding hydrogens is 300 g/mol. The molecule has 0 spiro atoms. The molecular formula is C9H8Br2O2. The fraction of sp³-hybridized carbons (Fsp3) is 0.222. The third kappa shape index (κ3) is 2.31. The molecule has 1 aromatic rings. The van der Waals surface area contributed by atoms with Crippen molar-refractivity contribution in [1.29, 1.82) is 0 Å². The van der Waals surface area contributed by atoms with Gasteiger partial charge in [-0.15, -0.1) is 0 Å². The molecule has 0 radical (unpaired) electrons. The second-order valence-electron chi connectivity index (χ2n) is 2.52. The summed E-state index contributed by atoms with van der Waals surface area (Å²) in [4.78, 5) is 10.8. The summed E-state index contributed by atoms with van der Waals surface area (Å²) in [5.41, 5.74) is 2.22. The molecule has 0 aliphatic rings. The van der Waals surface area contributed by atoms with Gasteiger partial charge in [0.05, 0.1) is 5.56 Å². The second-order valence-corrected chi connectivity index (χ2v) is 3.64. The summed E-state index contributed by atoms with van der Waals surface area (Å²) in [7, 11) is 0. The van der Waals surface area contributed by atoms with E-state index < -0.39 is 5.97 Å². The summed E-state index contributed by atoms with van der Waals surface area (Å²) in [6.45, 7) is 0. The van der Waals surface area contributed by atoms with Crippen molar-refractivity contribution in [3.8, 4) is 0 Å². The third-order valence-corrected chi connectivity index (χ3v) is 2.95. The lowest BCUT2D eigenvalue weighted by Crippen LogP contribution is -2.03. The van der Waals surface area contributed by atoms with Gasteiger partial charge in [0.1, 0.15) is 0 Å². The Morgan fingerprint density at radius 3 is 2.46 bits per heavy atom. The van der Waals surface area contributed by atoms with Crippen LogP contribution in [-0.2, 0) is 10.7 Å². The monoisotopic (exact) mass is 306 g/mol. The van der Waals surface area contributed by atoms with E-state index in [1.54, 1.807) is 12.1 Å². The number of hydrogen-bond acceptors (Lipinski definition) is 1. The highest BCUT2D eigenvalue weighted by Crippen LogP contribution is 2.20. The van der Waals surface area contributed by atoms with E-state index in [-0.39, 0.29) is 0 Å². The minimum absolute atomic E-state index is 0.369. The number of hydrogen-bond donors (Lipinski definition) is 1. The second kappa shape index (κ2) is 4.77. The molecule has 0 bridgehead atoms. The predicted octanol–water partition coefficient (Wildman–Crippen LogP) is 3.17. The molecule has 70 valence electrons. The van der Waals surface area contributed by atoms with Crippen LogP contribution in [-0.4, -0.2) is 11.1 Å². The van der Waals surface area contributed by atoms with E-state index in [4.69, 9.17) is 5.11 Å². The van der Waals surface area contributed by atoms with Crippen LogP contribution in [0.25, 0.3) is 0 Å². The average Bonchev–Trinajstić information content (AvgIpc) is 2.16. The maximum Gasteiger partial charge on any atom is 0.336 e. The molecule has 0 aliphatic carbocycles. The summed E-state index contributed by atoms with van der Waals surface area (Å²) < 4.78 is 0. The first-order valence-corrected chi connectivity index (χ1v) is 5.91. The molecule has 13 heavy (non-hydrogen) atoms.